The van der Waals surface area contributed by atoms with Crippen molar-refractivity contribution in [3.63, 3.8) is 0 Å². The number of ether oxygens (including phenoxy) is 1. The van der Waals surface area contributed by atoms with Crippen LogP contribution in [0.4, 0.5) is 0 Å². The zero-order valence-electron chi connectivity index (χ0n) is 8.42. The van der Waals surface area contributed by atoms with Gasteiger partial charge in [0, 0.05) is 20.3 Å². The van der Waals surface area contributed by atoms with Gasteiger partial charge in [0.15, 0.2) is 0 Å². The van der Waals surface area contributed by atoms with Gasteiger partial charge in [-0.2, -0.15) is 0 Å². The lowest BCUT2D eigenvalue weighted by Crippen LogP contribution is -2.36. The van der Waals surface area contributed by atoms with Crippen molar-refractivity contribution in [1.82, 2.24) is 4.90 Å². The Labute approximate surface area is 75.3 Å². The third kappa shape index (κ3) is 5.52. The molecule has 74 valence electrons. The Morgan fingerprint density at radius 1 is 1.58 bits per heavy atom. The quantitative estimate of drug-likeness (QED) is 0.637. The smallest absolute Gasteiger partial charge is 0.0698 e. The van der Waals surface area contributed by atoms with Crippen LogP contribution in [0.25, 0.3) is 0 Å². The van der Waals surface area contributed by atoms with Gasteiger partial charge >= 0.3 is 0 Å². The van der Waals surface area contributed by atoms with Crippen LogP contribution in [0.5, 0.6) is 0 Å². The van der Waals surface area contributed by atoms with E-state index in [-0.39, 0.29) is 6.61 Å². The highest BCUT2D eigenvalue weighted by molar-refractivity contribution is 4.69. The topological polar surface area (TPSA) is 32.7 Å². The van der Waals surface area contributed by atoms with Crippen molar-refractivity contribution in [1.29, 1.82) is 0 Å². The maximum Gasteiger partial charge on any atom is 0.0698 e. The fourth-order valence-corrected chi connectivity index (χ4v) is 1.31. The van der Waals surface area contributed by atoms with Gasteiger partial charge in [0.1, 0.15) is 0 Å². The summed E-state index contributed by atoms with van der Waals surface area (Å²) in [5, 5.41) is 7.57. The summed E-state index contributed by atoms with van der Waals surface area (Å²) in [4.78, 5) is 2.32. The monoisotopic (exact) mass is 175 g/mol. The van der Waals surface area contributed by atoms with Gasteiger partial charge in [-0.3, -0.25) is 0 Å². The molecular weight excluding hydrogens is 154 g/mol. The zero-order chi connectivity index (χ0) is 9.40. The van der Waals surface area contributed by atoms with Gasteiger partial charge in [-0.05, 0) is 33.4 Å². The van der Waals surface area contributed by atoms with Crippen LogP contribution in [0.3, 0.4) is 0 Å². The maximum absolute atomic E-state index is 7.57. The molecular formula is C9H21NO2. The number of methoxy groups -OCH3 is 1. The number of aliphatic hydroxyl groups excluding tert-OH is 1. The fraction of sp³-hybridized carbons (Fsp3) is 1.00. The Balaban J connectivity index is 0.000000354. The average molecular weight is 175 g/mol. The fourth-order valence-electron chi connectivity index (χ4n) is 1.31. The van der Waals surface area contributed by atoms with Crippen LogP contribution in [0.2, 0.25) is 0 Å². The summed E-state index contributed by atoms with van der Waals surface area (Å²) in [5.41, 5.74) is 0. The second-order valence-electron chi connectivity index (χ2n) is 3.08. The number of piperidine rings is 1. The standard InChI is InChI=1S/C7H15NO.C2H6O/c1-8-5-3-4-7(6-8)9-2;1-2-3/h7H,3-6H2,1-2H3;3H,2H2,1H3. The van der Waals surface area contributed by atoms with Crippen LogP contribution in [-0.4, -0.2) is 50.0 Å². The van der Waals surface area contributed by atoms with Crippen molar-refractivity contribution in [2.45, 2.75) is 25.9 Å². The second kappa shape index (κ2) is 7.53. The lowest BCUT2D eigenvalue weighted by Gasteiger charge is -2.28. The van der Waals surface area contributed by atoms with Gasteiger partial charge in [0.2, 0.25) is 0 Å². The van der Waals surface area contributed by atoms with E-state index in [1.165, 1.54) is 19.4 Å². The molecule has 1 saturated heterocycles. The second-order valence-corrected chi connectivity index (χ2v) is 3.08. The molecule has 0 aromatic carbocycles. The number of likely N-dealkylation sites (N-methyl/N-ethyl adjacent to an activating group) is 1. The molecule has 1 unspecified atom stereocenters. The van der Waals surface area contributed by atoms with Crippen molar-refractivity contribution in [2.75, 3.05) is 33.9 Å². The molecule has 1 rings (SSSR count). The van der Waals surface area contributed by atoms with Crippen LogP contribution in [0.15, 0.2) is 0 Å². The third-order valence-electron chi connectivity index (χ3n) is 1.91. The SMILES string of the molecule is CCO.COC1CCCN(C)C1. The minimum atomic E-state index is 0.250. The maximum atomic E-state index is 7.57. The van der Waals surface area contributed by atoms with E-state index in [2.05, 4.69) is 11.9 Å². The van der Waals surface area contributed by atoms with E-state index >= 15 is 0 Å². The molecule has 1 N–H and O–H groups in total. The first-order valence-electron chi connectivity index (χ1n) is 4.56. The van der Waals surface area contributed by atoms with Crippen LogP contribution >= 0.6 is 0 Å². The lowest BCUT2D eigenvalue weighted by atomic mass is 10.1. The molecule has 12 heavy (non-hydrogen) atoms. The molecule has 0 radical (unpaired) electrons. The largest absolute Gasteiger partial charge is 0.397 e. The summed E-state index contributed by atoms with van der Waals surface area (Å²) in [6, 6.07) is 0. The van der Waals surface area contributed by atoms with E-state index < -0.39 is 0 Å². The molecule has 1 aliphatic rings. The highest BCUT2D eigenvalue weighted by Crippen LogP contribution is 2.09. The van der Waals surface area contributed by atoms with Gasteiger partial charge in [-0.15, -0.1) is 0 Å². The molecule has 3 nitrogen and oxygen atoms in total. The number of hydrogen-bond acceptors (Lipinski definition) is 3. The van der Waals surface area contributed by atoms with Gasteiger partial charge < -0.3 is 14.7 Å². The van der Waals surface area contributed by atoms with Gasteiger partial charge in [0.25, 0.3) is 0 Å². The summed E-state index contributed by atoms with van der Waals surface area (Å²) < 4.78 is 5.22. The van der Waals surface area contributed by atoms with E-state index in [1.807, 2.05) is 0 Å². The predicted octanol–water partition coefficient (Wildman–Crippen LogP) is 0.726. The summed E-state index contributed by atoms with van der Waals surface area (Å²) in [5.74, 6) is 0. The Kier molecular flexibility index (Phi) is 7.45. The van der Waals surface area contributed by atoms with E-state index in [4.69, 9.17) is 9.84 Å². The summed E-state index contributed by atoms with van der Waals surface area (Å²) in [6.45, 7) is 4.27. The number of nitrogens with zero attached hydrogens (tertiary/aromatic N) is 1. The van der Waals surface area contributed by atoms with Crippen LogP contribution in [0, 0.1) is 0 Å². The molecule has 0 spiro atoms. The van der Waals surface area contributed by atoms with Crippen molar-refractivity contribution in [3.8, 4) is 0 Å². The summed E-state index contributed by atoms with van der Waals surface area (Å²) in [7, 11) is 3.94. The van der Waals surface area contributed by atoms with E-state index in [0.29, 0.717) is 6.10 Å². The van der Waals surface area contributed by atoms with E-state index in [0.717, 1.165) is 6.54 Å². The first-order chi connectivity index (χ1) is 5.74. The highest BCUT2D eigenvalue weighted by atomic mass is 16.5. The van der Waals surface area contributed by atoms with Gasteiger partial charge in [0.05, 0.1) is 6.10 Å². The van der Waals surface area contributed by atoms with Crippen molar-refractivity contribution in [2.24, 2.45) is 0 Å². The Morgan fingerprint density at radius 3 is 2.50 bits per heavy atom. The molecule has 1 aliphatic heterocycles. The third-order valence-corrected chi connectivity index (χ3v) is 1.91. The van der Waals surface area contributed by atoms with Crippen LogP contribution < -0.4 is 0 Å². The highest BCUT2D eigenvalue weighted by Gasteiger charge is 2.15. The average Bonchev–Trinajstić information content (AvgIpc) is 2.06. The number of aliphatic hydroxyl groups is 1. The van der Waals surface area contributed by atoms with Gasteiger partial charge in [-0.1, -0.05) is 0 Å². The van der Waals surface area contributed by atoms with Crippen LogP contribution in [-0.2, 0) is 4.74 Å². The van der Waals surface area contributed by atoms with Gasteiger partial charge in [-0.25, -0.2) is 0 Å². The van der Waals surface area contributed by atoms with E-state index in [9.17, 15) is 0 Å². The Morgan fingerprint density at radius 2 is 2.17 bits per heavy atom. The lowest BCUT2D eigenvalue weighted by molar-refractivity contribution is 0.0408. The number of hydrogen-bond donors (Lipinski definition) is 1. The van der Waals surface area contributed by atoms with Crippen molar-refractivity contribution in [3.05, 3.63) is 0 Å². The summed E-state index contributed by atoms with van der Waals surface area (Å²) >= 11 is 0. The normalized spacial score (nSPS) is 24.5. The minimum absolute atomic E-state index is 0.250. The molecule has 3 heteroatoms. The molecule has 0 bridgehead atoms. The van der Waals surface area contributed by atoms with E-state index in [1.54, 1.807) is 14.0 Å². The predicted molar refractivity (Wildman–Crippen MR) is 50.3 cm³/mol. The molecule has 1 heterocycles. The van der Waals surface area contributed by atoms with Crippen LogP contribution in [0.1, 0.15) is 19.8 Å². The molecule has 1 atom stereocenters. The first-order valence-corrected chi connectivity index (χ1v) is 4.56. The Bertz CT molecular complexity index is 98.5. The molecule has 0 amide bonds. The molecule has 1 fully saturated rings. The molecule has 0 saturated carbocycles. The first kappa shape index (κ1) is 11.9. The summed E-state index contributed by atoms with van der Waals surface area (Å²) in [6.07, 6.45) is 3.01. The minimum Gasteiger partial charge on any atom is -0.397 e. The molecule has 0 aromatic heterocycles. The Hall–Kier alpha value is -0.120. The molecule has 0 aromatic rings. The zero-order valence-corrected chi connectivity index (χ0v) is 8.42. The van der Waals surface area contributed by atoms with Crippen molar-refractivity contribution < 1.29 is 9.84 Å². The number of rotatable bonds is 1. The number of likely N-dealkylation sites (tertiary alicyclic amines) is 1. The van der Waals surface area contributed by atoms with Crippen molar-refractivity contribution >= 4 is 0 Å². The molecule has 0 aliphatic carbocycles.